The van der Waals surface area contributed by atoms with Gasteiger partial charge in [0.25, 0.3) is 0 Å². The Morgan fingerprint density at radius 1 is 1.08 bits per heavy atom. The molecule has 0 spiro atoms. The SMILES string of the molecule is Cc1csc(NN=Cc2ccccc2Oc2ccc(C)c(C)c2)n1. The van der Waals surface area contributed by atoms with Crippen molar-refractivity contribution in [1.29, 1.82) is 0 Å². The number of rotatable bonds is 5. The van der Waals surface area contributed by atoms with Crippen LogP contribution in [0.3, 0.4) is 0 Å². The Kier molecular flexibility index (Phi) is 4.91. The van der Waals surface area contributed by atoms with Gasteiger partial charge in [-0.2, -0.15) is 5.10 Å². The number of para-hydroxylation sites is 1. The number of aryl methyl sites for hydroxylation is 3. The van der Waals surface area contributed by atoms with E-state index in [2.05, 4.69) is 35.4 Å². The van der Waals surface area contributed by atoms with E-state index < -0.39 is 0 Å². The highest BCUT2D eigenvalue weighted by atomic mass is 32.1. The molecule has 3 rings (SSSR count). The van der Waals surface area contributed by atoms with Gasteiger partial charge in [-0.25, -0.2) is 4.98 Å². The van der Waals surface area contributed by atoms with E-state index in [1.165, 1.54) is 22.5 Å². The van der Waals surface area contributed by atoms with Crippen LogP contribution in [0.5, 0.6) is 11.5 Å². The molecule has 0 atom stereocenters. The normalized spacial score (nSPS) is 11.0. The van der Waals surface area contributed by atoms with Gasteiger partial charge in [0.05, 0.1) is 11.9 Å². The molecule has 24 heavy (non-hydrogen) atoms. The quantitative estimate of drug-likeness (QED) is 0.507. The second kappa shape index (κ2) is 7.27. The molecule has 0 aliphatic heterocycles. The summed E-state index contributed by atoms with van der Waals surface area (Å²) < 4.78 is 6.02. The van der Waals surface area contributed by atoms with Crippen molar-refractivity contribution in [2.45, 2.75) is 20.8 Å². The van der Waals surface area contributed by atoms with Crippen LogP contribution in [0.1, 0.15) is 22.4 Å². The molecule has 0 aliphatic rings. The summed E-state index contributed by atoms with van der Waals surface area (Å²) >= 11 is 1.53. The van der Waals surface area contributed by atoms with Gasteiger partial charge >= 0.3 is 0 Å². The molecule has 4 nitrogen and oxygen atoms in total. The first-order valence-electron chi connectivity index (χ1n) is 7.67. The Balaban J connectivity index is 1.76. The molecular formula is C19H19N3OS. The van der Waals surface area contributed by atoms with Crippen LogP contribution in [0.2, 0.25) is 0 Å². The lowest BCUT2D eigenvalue weighted by Crippen LogP contribution is -1.94. The van der Waals surface area contributed by atoms with E-state index in [1.54, 1.807) is 6.21 Å². The van der Waals surface area contributed by atoms with Crippen molar-refractivity contribution in [3.8, 4) is 11.5 Å². The van der Waals surface area contributed by atoms with Crippen molar-refractivity contribution < 1.29 is 4.74 Å². The van der Waals surface area contributed by atoms with E-state index in [-0.39, 0.29) is 0 Å². The summed E-state index contributed by atoms with van der Waals surface area (Å²) in [4.78, 5) is 4.31. The zero-order chi connectivity index (χ0) is 16.9. The Morgan fingerprint density at radius 3 is 2.67 bits per heavy atom. The van der Waals surface area contributed by atoms with Crippen LogP contribution < -0.4 is 10.2 Å². The number of nitrogens with zero attached hydrogens (tertiary/aromatic N) is 2. The molecule has 0 saturated heterocycles. The third-order valence-corrected chi connectivity index (χ3v) is 4.47. The van der Waals surface area contributed by atoms with Crippen molar-refractivity contribution in [3.05, 3.63) is 70.2 Å². The number of benzene rings is 2. The maximum absolute atomic E-state index is 6.02. The Labute approximate surface area is 145 Å². The van der Waals surface area contributed by atoms with Gasteiger partial charge in [-0.15, -0.1) is 11.3 Å². The highest BCUT2D eigenvalue weighted by Gasteiger charge is 2.04. The van der Waals surface area contributed by atoms with Gasteiger partial charge in [0, 0.05) is 10.9 Å². The first-order valence-corrected chi connectivity index (χ1v) is 8.55. The van der Waals surface area contributed by atoms with Gasteiger partial charge in [-0.05, 0) is 56.2 Å². The smallest absolute Gasteiger partial charge is 0.203 e. The molecule has 1 aromatic heterocycles. The number of hydrogen-bond acceptors (Lipinski definition) is 5. The summed E-state index contributed by atoms with van der Waals surface area (Å²) in [5.41, 5.74) is 7.28. The standard InChI is InChI=1S/C19H19N3OS/c1-13-8-9-17(10-14(13)2)23-18-7-5-4-6-16(18)11-20-22-19-21-15(3)12-24-19/h4-12H,1-3H3,(H,21,22). The Hall–Kier alpha value is -2.66. The summed E-state index contributed by atoms with van der Waals surface area (Å²) in [5, 5.41) is 7.01. The van der Waals surface area contributed by atoms with E-state index in [1.807, 2.05) is 48.7 Å². The van der Waals surface area contributed by atoms with Gasteiger partial charge in [-0.1, -0.05) is 18.2 Å². The lowest BCUT2D eigenvalue weighted by atomic mass is 10.1. The van der Waals surface area contributed by atoms with E-state index >= 15 is 0 Å². The van der Waals surface area contributed by atoms with E-state index in [9.17, 15) is 0 Å². The molecule has 1 N–H and O–H groups in total. The predicted molar refractivity (Wildman–Crippen MR) is 100 cm³/mol. The van der Waals surface area contributed by atoms with Gasteiger partial charge in [0.15, 0.2) is 0 Å². The zero-order valence-corrected chi connectivity index (χ0v) is 14.7. The van der Waals surface area contributed by atoms with Crippen molar-refractivity contribution in [2.24, 2.45) is 5.10 Å². The number of anilines is 1. The molecule has 0 fully saturated rings. The summed E-state index contributed by atoms with van der Waals surface area (Å²) in [7, 11) is 0. The molecule has 0 aliphatic carbocycles. The molecule has 0 unspecified atom stereocenters. The third kappa shape index (κ3) is 4.00. The molecule has 5 heteroatoms. The van der Waals surface area contributed by atoms with Crippen LogP contribution in [0.15, 0.2) is 52.9 Å². The molecule has 0 bridgehead atoms. The fraction of sp³-hybridized carbons (Fsp3) is 0.158. The largest absolute Gasteiger partial charge is 0.457 e. The van der Waals surface area contributed by atoms with Gasteiger partial charge in [-0.3, -0.25) is 5.43 Å². The Morgan fingerprint density at radius 2 is 1.92 bits per heavy atom. The fourth-order valence-corrected chi connectivity index (χ4v) is 2.78. The zero-order valence-electron chi connectivity index (χ0n) is 13.9. The Bertz CT molecular complexity index is 871. The summed E-state index contributed by atoms with van der Waals surface area (Å²) in [5.74, 6) is 1.59. The molecule has 3 aromatic rings. The monoisotopic (exact) mass is 337 g/mol. The van der Waals surface area contributed by atoms with E-state index in [4.69, 9.17) is 4.74 Å². The second-order valence-electron chi connectivity index (χ2n) is 5.55. The minimum absolute atomic E-state index is 0.765. The van der Waals surface area contributed by atoms with Gasteiger partial charge in [0.1, 0.15) is 11.5 Å². The van der Waals surface area contributed by atoms with Crippen LogP contribution in [-0.2, 0) is 0 Å². The first-order chi connectivity index (χ1) is 11.6. The van der Waals surface area contributed by atoms with Crippen LogP contribution >= 0.6 is 11.3 Å². The lowest BCUT2D eigenvalue weighted by molar-refractivity contribution is 0.481. The molecule has 1 heterocycles. The van der Waals surface area contributed by atoms with Crippen LogP contribution in [-0.4, -0.2) is 11.2 Å². The predicted octanol–water partition coefficient (Wildman–Crippen LogP) is 5.31. The van der Waals surface area contributed by atoms with Crippen molar-refractivity contribution in [1.82, 2.24) is 4.98 Å². The molecular weight excluding hydrogens is 318 g/mol. The van der Waals surface area contributed by atoms with Crippen molar-refractivity contribution in [3.63, 3.8) is 0 Å². The first kappa shape index (κ1) is 16.2. The maximum Gasteiger partial charge on any atom is 0.203 e. The number of thiazole rings is 1. The molecule has 0 radical (unpaired) electrons. The summed E-state index contributed by atoms with van der Waals surface area (Å²) in [6, 6.07) is 13.9. The average Bonchev–Trinajstić information content (AvgIpc) is 2.98. The highest BCUT2D eigenvalue weighted by molar-refractivity contribution is 7.13. The van der Waals surface area contributed by atoms with E-state index in [0.29, 0.717) is 0 Å². The van der Waals surface area contributed by atoms with Crippen molar-refractivity contribution in [2.75, 3.05) is 5.43 Å². The molecule has 122 valence electrons. The average molecular weight is 337 g/mol. The van der Waals surface area contributed by atoms with Gasteiger partial charge < -0.3 is 4.74 Å². The summed E-state index contributed by atoms with van der Waals surface area (Å²) in [6.45, 7) is 6.12. The van der Waals surface area contributed by atoms with Crippen LogP contribution in [0, 0.1) is 20.8 Å². The minimum atomic E-state index is 0.765. The molecule has 0 amide bonds. The number of aromatic nitrogens is 1. The number of ether oxygens (including phenoxy) is 1. The molecule has 0 saturated carbocycles. The topological polar surface area (TPSA) is 46.5 Å². The number of hydrogen-bond donors (Lipinski definition) is 1. The van der Waals surface area contributed by atoms with Crippen LogP contribution in [0.4, 0.5) is 5.13 Å². The third-order valence-electron chi connectivity index (χ3n) is 3.61. The van der Waals surface area contributed by atoms with Gasteiger partial charge in [0.2, 0.25) is 5.13 Å². The molecule has 2 aromatic carbocycles. The van der Waals surface area contributed by atoms with Crippen molar-refractivity contribution >= 4 is 22.7 Å². The van der Waals surface area contributed by atoms with Crippen LogP contribution in [0.25, 0.3) is 0 Å². The second-order valence-corrected chi connectivity index (χ2v) is 6.41. The maximum atomic E-state index is 6.02. The fourth-order valence-electron chi connectivity index (χ4n) is 2.15. The minimum Gasteiger partial charge on any atom is -0.457 e. The summed E-state index contributed by atoms with van der Waals surface area (Å²) in [6.07, 6.45) is 1.74. The number of nitrogens with one attached hydrogen (secondary N) is 1. The lowest BCUT2D eigenvalue weighted by Gasteiger charge is -2.10. The van der Waals surface area contributed by atoms with E-state index in [0.717, 1.165) is 27.9 Å². The number of hydrazone groups is 1. The highest BCUT2D eigenvalue weighted by Crippen LogP contribution is 2.26.